The Labute approximate surface area is 198 Å². The first-order valence-corrected chi connectivity index (χ1v) is 10.5. The molecule has 0 spiro atoms. The molecule has 4 rings (SSSR count). The molecule has 0 bridgehead atoms. The molecule has 0 fully saturated rings. The molecule has 0 unspecified atom stereocenters. The zero-order valence-electron chi connectivity index (χ0n) is 18.1. The van der Waals surface area contributed by atoms with Gasteiger partial charge < -0.3 is 15.6 Å². The summed E-state index contributed by atoms with van der Waals surface area (Å²) in [4.78, 5) is 32.2. The van der Waals surface area contributed by atoms with Crippen molar-refractivity contribution in [3.63, 3.8) is 0 Å². The number of anilines is 2. The third-order valence-corrected chi connectivity index (χ3v) is 4.96. The highest BCUT2D eigenvalue weighted by Gasteiger charge is 2.30. The third-order valence-electron chi connectivity index (χ3n) is 4.96. The second-order valence-corrected chi connectivity index (χ2v) is 7.46. The number of halogens is 3. The summed E-state index contributed by atoms with van der Waals surface area (Å²) in [6.45, 7) is 0. The Kier molecular flexibility index (Phi) is 6.77. The molecule has 0 aliphatic rings. The Hall–Kier alpha value is -4.66. The first-order chi connectivity index (χ1) is 16.8. The van der Waals surface area contributed by atoms with E-state index in [1.54, 1.807) is 36.7 Å². The number of rotatable bonds is 6. The first-order valence-electron chi connectivity index (χ1n) is 10.5. The van der Waals surface area contributed by atoms with Crippen LogP contribution in [0.2, 0.25) is 0 Å². The van der Waals surface area contributed by atoms with Gasteiger partial charge in [-0.3, -0.25) is 9.59 Å². The van der Waals surface area contributed by atoms with Gasteiger partial charge >= 0.3 is 6.18 Å². The minimum Gasteiger partial charge on any atom is -0.345 e. The molecule has 4 aromatic rings. The molecule has 3 aromatic carbocycles. The minimum absolute atomic E-state index is 0.0281. The summed E-state index contributed by atoms with van der Waals surface area (Å²) in [5.41, 5.74) is 1.27. The van der Waals surface area contributed by atoms with Gasteiger partial charge in [0.25, 0.3) is 5.91 Å². The maximum atomic E-state index is 12.9. The average molecular weight is 476 g/mol. The SMILES string of the molecule is O=C(C=Cc1cccc(C(=O)Nc2cccc(C(F)(F)F)c2)c1)Nc1ccccc1-c1ncc[nH]1. The van der Waals surface area contributed by atoms with Crippen LogP contribution < -0.4 is 10.6 Å². The van der Waals surface area contributed by atoms with Crippen molar-refractivity contribution in [2.75, 3.05) is 10.6 Å². The fourth-order valence-electron chi connectivity index (χ4n) is 3.32. The molecule has 0 aliphatic carbocycles. The number of nitrogens with one attached hydrogen (secondary N) is 3. The van der Waals surface area contributed by atoms with Crippen molar-refractivity contribution in [1.82, 2.24) is 9.97 Å². The monoisotopic (exact) mass is 476 g/mol. The van der Waals surface area contributed by atoms with Crippen LogP contribution in [0, 0.1) is 0 Å². The van der Waals surface area contributed by atoms with Gasteiger partial charge in [0.15, 0.2) is 0 Å². The fraction of sp³-hybridized carbons (Fsp3) is 0.0385. The van der Waals surface area contributed by atoms with E-state index in [2.05, 4.69) is 20.6 Å². The number of para-hydroxylation sites is 1. The van der Waals surface area contributed by atoms with Crippen molar-refractivity contribution in [2.45, 2.75) is 6.18 Å². The highest BCUT2D eigenvalue weighted by Crippen LogP contribution is 2.30. The number of nitrogens with zero attached hydrogens (tertiary/aromatic N) is 1. The number of aromatic nitrogens is 2. The molecule has 1 aromatic heterocycles. The van der Waals surface area contributed by atoms with E-state index >= 15 is 0 Å². The normalized spacial score (nSPS) is 11.4. The maximum Gasteiger partial charge on any atom is 0.416 e. The van der Waals surface area contributed by atoms with Crippen LogP contribution in [0.15, 0.2) is 91.3 Å². The number of benzene rings is 3. The van der Waals surface area contributed by atoms with Gasteiger partial charge in [0.2, 0.25) is 5.91 Å². The maximum absolute atomic E-state index is 12.9. The predicted octanol–water partition coefficient (Wildman–Crippen LogP) is 6.00. The second-order valence-electron chi connectivity index (χ2n) is 7.46. The van der Waals surface area contributed by atoms with Crippen LogP contribution in [-0.4, -0.2) is 21.8 Å². The Morgan fingerprint density at radius 1 is 0.914 bits per heavy atom. The van der Waals surface area contributed by atoms with E-state index in [-0.39, 0.29) is 17.2 Å². The molecule has 0 aliphatic heterocycles. The van der Waals surface area contributed by atoms with Gasteiger partial charge in [0.05, 0.1) is 11.3 Å². The molecule has 0 radical (unpaired) electrons. The fourth-order valence-corrected chi connectivity index (χ4v) is 3.32. The van der Waals surface area contributed by atoms with Crippen molar-refractivity contribution < 1.29 is 22.8 Å². The van der Waals surface area contributed by atoms with E-state index < -0.39 is 17.6 Å². The lowest BCUT2D eigenvalue weighted by molar-refractivity contribution is -0.137. The number of amides is 2. The lowest BCUT2D eigenvalue weighted by atomic mass is 10.1. The molecule has 0 atom stereocenters. The lowest BCUT2D eigenvalue weighted by Crippen LogP contribution is -2.13. The number of hydrogen-bond acceptors (Lipinski definition) is 3. The quantitative estimate of drug-likeness (QED) is 0.298. The molecule has 9 heteroatoms. The summed E-state index contributed by atoms with van der Waals surface area (Å²) in [5.74, 6) is -0.344. The van der Waals surface area contributed by atoms with E-state index in [1.165, 1.54) is 36.4 Å². The second kappa shape index (κ2) is 10.1. The van der Waals surface area contributed by atoms with Crippen LogP contribution in [0.1, 0.15) is 21.5 Å². The van der Waals surface area contributed by atoms with E-state index in [1.807, 2.05) is 12.1 Å². The summed E-state index contributed by atoms with van der Waals surface area (Å²) >= 11 is 0. The van der Waals surface area contributed by atoms with Crippen LogP contribution in [0.5, 0.6) is 0 Å². The number of imidazole rings is 1. The number of alkyl halides is 3. The zero-order valence-corrected chi connectivity index (χ0v) is 18.1. The van der Waals surface area contributed by atoms with Gasteiger partial charge in [-0.05, 0) is 54.1 Å². The Morgan fingerprint density at radius 3 is 2.49 bits per heavy atom. The van der Waals surface area contributed by atoms with Gasteiger partial charge in [0.1, 0.15) is 5.82 Å². The van der Waals surface area contributed by atoms with Gasteiger partial charge in [0, 0.05) is 35.3 Å². The Balaban J connectivity index is 1.44. The van der Waals surface area contributed by atoms with Crippen molar-refractivity contribution in [3.05, 3.63) is 108 Å². The van der Waals surface area contributed by atoms with Crippen molar-refractivity contribution in [3.8, 4) is 11.4 Å². The summed E-state index contributed by atoms with van der Waals surface area (Å²) in [5, 5.41) is 5.26. The van der Waals surface area contributed by atoms with Gasteiger partial charge in [-0.25, -0.2) is 4.98 Å². The van der Waals surface area contributed by atoms with E-state index in [0.29, 0.717) is 17.1 Å². The molecule has 176 valence electrons. The van der Waals surface area contributed by atoms with E-state index in [4.69, 9.17) is 0 Å². The largest absolute Gasteiger partial charge is 0.416 e. The number of H-pyrrole nitrogens is 1. The highest BCUT2D eigenvalue weighted by molar-refractivity contribution is 6.06. The zero-order chi connectivity index (χ0) is 24.8. The topological polar surface area (TPSA) is 86.9 Å². The lowest BCUT2D eigenvalue weighted by Gasteiger charge is -2.10. The smallest absolute Gasteiger partial charge is 0.345 e. The highest BCUT2D eigenvalue weighted by atomic mass is 19.4. The number of carbonyl (C=O) groups excluding carboxylic acids is 2. The molecule has 1 heterocycles. The van der Waals surface area contributed by atoms with Crippen LogP contribution in [0.25, 0.3) is 17.5 Å². The van der Waals surface area contributed by atoms with E-state index in [0.717, 1.165) is 17.7 Å². The summed E-state index contributed by atoms with van der Waals surface area (Å²) < 4.78 is 38.7. The Morgan fingerprint density at radius 2 is 1.71 bits per heavy atom. The van der Waals surface area contributed by atoms with Crippen molar-refractivity contribution in [1.29, 1.82) is 0 Å². The number of carbonyl (C=O) groups is 2. The molecule has 0 saturated carbocycles. The van der Waals surface area contributed by atoms with Crippen molar-refractivity contribution >= 4 is 29.3 Å². The Bertz CT molecular complexity index is 1380. The molecule has 0 saturated heterocycles. The number of aromatic amines is 1. The summed E-state index contributed by atoms with van der Waals surface area (Å²) in [6, 6.07) is 18.0. The molecule has 35 heavy (non-hydrogen) atoms. The van der Waals surface area contributed by atoms with Crippen LogP contribution in [-0.2, 0) is 11.0 Å². The summed E-state index contributed by atoms with van der Waals surface area (Å²) in [7, 11) is 0. The minimum atomic E-state index is -4.51. The molecule has 2 amide bonds. The van der Waals surface area contributed by atoms with Gasteiger partial charge in [-0.1, -0.05) is 30.3 Å². The third kappa shape index (κ3) is 6.02. The van der Waals surface area contributed by atoms with Crippen LogP contribution in [0.3, 0.4) is 0 Å². The standard InChI is InChI=1S/C26H19F3N4O2/c27-26(28,29)19-7-4-8-20(16-19)32-25(35)18-6-3-5-17(15-18)11-12-23(34)33-22-10-2-1-9-21(22)24-30-13-14-31-24/h1-16H,(H,30,31)(H,32,35)(H,33,34). The van der Waals surface area contributed by atoms with Crippen molar-refractivity contribution in [2.24, 2.45) is 0 Å². The van der Waals surface area contributed by atoms with Gasteiger partial charge in [-0.15, -0.1) is 0 Å². The average Bonchev–Trinajstić information content (AvgIpc) is 3.38. The van der Waals surface area contributed by atoms with E-state index in [9.17, 15) is 22.8 Å². The molecular weight excluding hydrogens is 457 g/mol. The van der Waals surface area contributed by atoms with Crippen LogP contribution in [0.4, 0.5) is 24.5 Å². The molecule has 3 N–H and O–H groups in total. The molecular formula is C26H19F3N4O2. The van der Waals surface area contributed by atoms with Crippen LogP contribution >= 0.6 is 0 Å². The molecule has 6 nitrogen and oxygen atoms in total. The predicted molar refractivity (Wildman–Crippen MR) is 128 cm³/mol. The van der Waals surface area contributed by atoms with Gasteiger partial charge in [-0.2, -0.15) is 13.2 Å². The summed E-state index contributed by atoms with van der Waals surface area (Å²) in [6.07, 6.45) is 1.65. The first kappa shape index (κ1) is 23.5. The number of hydrogen-bond donors (Lipinski definition) is 3.